The van der Waals surface area contributed by atoms with E-state index in [4.69, 9.17) is 5.73 Å². The van der Waals surface area contributed by atoms with Gasteiger partial charge >= 0.3 is 0 Å². The van der Waals surface area contributed by atoms with E-state index in [1.165, 1.54) is 30.4 Å². The maximum atomic E-state index is 5.94. The first kappa shape index (κ1) is 10.5. The standard InChI is InChI=1S/C12H21N/c1-3-10(2)8-11-6-4-5-7-12(13)9-11/h9,12H,2-8,13H2,1H3. The molecule has 1 rings (SSSR count). The van der Waals surface area contributed by atoms with E-state index < -0.39 is 0 Å². The van der Waals surface area contributed by atoms with Crippen LogP contribution in [0.2, 0.25) is 0 Å². The fraction of sp³-hybridized carbons (Fsp3) is 0.667. The van der Waals surface area contributed by atoms with E-state index in [2.05, 4.69) is 19.6 Å². The second-order valence-corrected chi connectivity index (χ2v) is 4.01. The van der Waals surface area contributed by atoms with Gasteiger partial charge in [0, 0.05) is 6.04 Å². The molecule has 1 nitrogen and oxygen atoms in total. The topological polar surface area (TPSA) is 26.0 Å². The number of nitrogens with two attached hydrogens (primary N) is 1. The van der Waals surface area contributed by atoms with Gasteiger partial charge in [-0.2, -0.15) is 0 Å². The van der Waals surface area contributed by atoms with Crippen LogP contribution in [0.15, 0.2) is 23.8 Å². The molecule has 0 spiro atoms. The molecule has 0 aromatic heterocycles. The Morgan fingerprint density at radius 2 is 2.38 bits per heavy atom. The monoisotopic (exact) mass is 179 g/mol. The Kier molecular flexibility index (Phi) is 4.23. The van der Waals surface area contributed by atoms with Crippen LogP contribution in [0, 0.1) is 0 Å². The van der Waals surface area contributed by atoms with Crippen LogP contribution in [0.4, 0.5) is 0 Å². The average molecular weight is 179 g/mol. The van der Waals surface area contributed by atoms with Crippen LogP contribution in [-0.2, 0) is 0 Å². The quantitative estimate of drug-likeness (QED) is 0.662. The Morgan fingerprint density at radius 1 is 1.62 bits per heavy atom. The second kappa shape index (κ2) is 5.23. The summed E-state index contributed by atoms with van der Waals surface area (Å²) in [7, 11) is 0. The minimum Gasteiger partial charge on any atom is -0.324 e. The largest absolute Gasteiger partial charge is 0.324 e. The molecule has 0 aliphatic heterocycles. The van der Waals surface area contributed by atoms with Crippen LogP contribution < -0.4 is 5.73 Å². The molecule has 0 radical (unpaired) electrons. The van der Waals surface area contributed by atoms with Crippen LogP contribution in [0.5, 0.6) is 0 Å². The van der Waals surface area contributed by atoms with Crippen molar-refractivity contribution in [3.63, 3.8) is 0 Å². The minimum absolute atomic E-state index is 0.294. The third kappa shape index (κ3) is 3.77. The average Bonchev–Trinajstić information content (AvgIpc) is 2.30. The zero-order valence-corrected chi connectivity index (χ0v) is 8.68. The van der Waals surface area contributed by atoms with Gasteiger partial charge in [0.25, 0.3) is 0 Å². The van der Waals surface area contributed by atoms with Gasteiger partial charge in [-0.3, -0.25) is 0 Å². The third-order valence-electron chi connectivity index (χ3n) is 2.71. The summed E-state index contributed by atoms with van der Waals surface area (Å²) in [6.45, 7) is 6.21. The van der Waals surface area contributed by atoms with E-state index in [0.717, 1.165) is 19.3 Å². The number of hydrogen-bond donors (Lipinski definition) is 1. The molecule has 1 atom stereocenters. The normalized spacial score (nSPS) is 23.5. The predicted molar refractivity (Wildman–Crippen MR) is 58.6 cm³/mol. The molecular formula is C12H21N. The molecule has 0 aromatic rings. The molecule has 74 valence electrons. The molecule has 1 aliphatic rings. The maximum Gasteiger partial charge on any atom is 0.0226 e. The Bertz CT molecular complexity index is 203. The highest BCUT2D eigenvalue weighted by atomic mass is 14.6. The van der Waals surface area contributed by atoms with E-state index >= 15 is 0 Å². The molecule has 0 heterocycles. The summed E-state index contributed by atoms with van der Waals surface area (Å²) < 4.78 is 0. The summed E-state index contributed by atoms with van der Waals surface area (Å²) >= 11 is 0. The van der Waals surface area contributed by atoms with Gasteiger partial charge in [-0.25, -0.2) is 0 Å². The van der Waals surface area contributed by atoms with Gasteiger partial charge in [-0.15, -0.1) is 0 Å². The third-order valence-corrected chi connectivity index (χ3v) is 2.71. The van der Waals surface area contributed by atoms with Crippen LogP contribution in [0.3, 0.4) is 0 Å². The van der Waals surface area contributed by atoms with Crippen molar-refractivity contribution < 1.29 is 0 Å². The van der Waals surface area contributed by atoms with E-state index in [9.17, 15) is 0 Å². The summed E-state index contributed by atoms with van der Waals surface area (Å²) in [5.74, 6) is 0. The highest BCUT2D eigenvalue weighted by molar-refractivity contribution is 5.16. The second-order valence-electron chi connectivity index (χ2n) is 4.01. The zero-order valence-electron chi connectivity index (χ0n) is 8.68. The Balaban J connectivity index is 2.50. The molecule has 1 unspecified atom stereocenters. The van der Waals surface area contributed by atoms with E-state index in [1.807, 2.05) is 0 Å². The molecule has 0 amide bonds. The first-order valence-corrected chi connectivity index (χ1v) is 5.34. The lowest BCUT2D eigenvalue weighted by atomic mass is 10.0. The molecule has 1 aliphatic carbocycles. The van der Waals surface area contributed by atoms with Gasteiger partial charge in [0.2, 0.25) is 0 Å². The zero-order chi connectivity index (χ0) is 9.68. The molecular weight excluding hydrogens is 158 g/mol. The maximum absolute atomic E-state index is 5.94. The Hall–Kier alpha value is -0.560. The SMILES string of the molecule is C=C(CC)CC1=CC(N)CCCC1. The van der Waals surface area contributed by atoms with Crippen LogP contribution in [0.25, 0.3) is 0 Å². The van der Waals surface area contributed by atoms with Crippen LogP contribution in [0.1, 0.15) is 45.4 Å². The van der Waals surface area contributed by atoms with Gasteiger partial charge in [-0.1, -0.05) is 37.1 Å². The Morgan fingerprint density at radius 3 is 3.08 bits per heavy atom. The molecule has 1 heteroatoms. The van der Waals surface area contributed by atoms with Crippen molar-refractivity contribution in [3.8, 4) is 0 Å². The van der Waals surface area contributed by atoms with Gasteiger partial charge < -0.3 is 5.73 Å². The molecule has 2 N–H and O–H groups in total. The summed E-state index contributed by atoms with van der Waals surface area (Å²) in [6.07, 6.45) is 9.38. The number of hydrogen-bond acceptors (Lipinski definition) is 1. The predicted octanol–water partition coefficient (Wildman–Crippen LogP) is 3.17. The molecule has 0 aromatic carbocycles. The van der Waals surface area contributed by atoms with Crippen LogP contribution >= 0.6 is 0 Å². The lowest BCUT2D eigenvalue weighted by Crippen LogP contribution is -2.15. The van der Waals surface area contributed by atoms with Crippen molar-refractivity contribution in [1.82, 2.24) is 0 Å². The number of rotatable bonds is 3. The van der Waals surface area contributed by atoms with Crippen molar-refractivity contribution >= 4 is 0 Å². The summed E-state index contributed by atoms with van der Waals surface area (Å²) in [6, 6.07) is 0.294. The fourth-order valence-electron chi connectivity index (χ4n) is 1.79. The van der Waals surface area contributed by atoms with Crippen molar-refractivity contribution in [2.45, 2.75) is 51.5 Å². The highest BCUT2D eigenvalue weighted by Gasteiger charge is 2.08. The first-order valence-electron chi connectivity index (χ1n) is 5.34. The molecule has 0 saturated heterocycles. The van der Waals surface area contributed by atoms with E-state index in [0.29, 0.717) is 6.04 Å². The minimum atomic E-state index is 0.294. The highest BCUT2D eigenvalue weighted by Crippen LogP contribution is 2.22. The van der Waals surface area contributed by atoms with E-state index in [1.54, 1.807) is 0 Å². The fourth-order valence-corrected chi connectivity index (χ4v) is 1.79. The van der Waals surface area contributed by atoms with Crippen LogP contribution in [-0.4, -0.2) is 6.04 Å². The van der Waals surface area contributed by atoms with Gasteiger partial charge in [0.1, 0.15) is 0 Å². The molecule has 0 bridgehead atoms. The lowest BCUT2D eigenvalue weighted by molar-refractivity contribution is 0.654. The summed E-state index contributed by atoms with van der Waals surface area (Å²) in [4.78, 5) is 0. The van der Waals surface area contributed by atoms with Gasteiger partial charge in [0.05, 0.1) is 0 Å². The van der Waals surface area contributed by atoms with Gasteiger partial charge in [-0.05, 0) is 32.1 Å². The van der Waals surface area contributed by atoms with Crippen molar-refractivity contribution in [2.24, 2.45) is 5.73 Å². The summed E-state index contributed by atoms with van der Waals surface area (Å²) in [5.41, 5.74) is 8.78. The lowest BCUT2D eigenvalue weighted by Gasteiger charge is -2.07. The van der Waals surface area contributed by atoms with Gasteiger partial charge in [0.15, 0.2) is 0 Å². The smallest absolute Gasteiger partial charge is 0.0226 e. The van der Waals surface area contributed by atoms with Crippen molar-refractivity contribution in [1.29, 1.82) is 0 Å². The first-order chi connectivity index (χ1) is 6.22. The molecule has 0 saturated carbocycles. The summed E-state index contributed by atoms with van der Waals surface area (Å²) in [5, 5.41) is 0. The molecule has 13 heavy (non-hydrogen) atoms. The van der Waals surface area contributed by atoms with Crippen molar-refractivity contribution in [3.05, 3.63) is 23.8 Å². The Labute approximate surface area is 81.7 Å². The van der Waals surface area contributed by atoms with E-state index in [-0.39, 0.29) is 0 Å². The number of allylic oxidation sites excluding steroid dienone is 2. The van der Waals surface area contributed by atoms with Crippen molar-refractivity contribution in [2.75, 3.05) is 0 Å². The molecule has 0 fully saturated rings.